The molecule has 4 nitrogen and oxygen atoms in total. The summed E-state index contributed by atoms with van der Waals surface area (Å²) in [7, 11) is 0. The molecule has 0 aliphatic heterocycles. The first kappa shape index (κ1) is 11.5. The van der Waals surface area contributed by atoms with Crippen LogP contribution in [-0.2, 0) is 6.54 Å². The second kappa shape index (κ2) is 5.41. The van der Waals surface area contributed by atoms with Crippen LogP contribution in [0.1, 0.15) is 5.56 Å². The fourth-order valence-electron chi connectivity index (χ4n) is 1.34. The average Bonchev–Trinajstić information content (AvgIpc) is 2.79. The molecule has 0 radical (unpaired) electrons. The van der Waals surface area contributed by atoms with E-state index >= 15 is 0 Å². The zero-order chi connectivity index (χ0) is 12.1. The normalized spacial score (nSPS) is 9.94. The topological polar surface area (TPSA) is 54.3 Å². The van der Waals surface area contributed by atoms with Crippen LogP contribution in [0.5, 0.6) is 0 Å². The number of benzene rings is 1. The summed E-state index contributed by atoms with van der Waals surface area (Å²) in [5.74, 6) is 0.411. The van der Waals surface area contributed by atoms with Crippen LogP contribution in [0, 0.1) is 0 Å². The minimum absolute atomic E-state index is 0.320. The second-order valence-corrected chi connectivity index (χ2v) is 3.85. The van der Waals surface area contributed by atoms with Crippen LogP contribution in [-0.4, -0.2) is 6.03 Å². The highest BCUT2D eigenvalue weighted by atomic mass is 35.5. The van der Waals surface area contributed by atoms with Gasteiger partial charge in [-0.15, -0.1) is 0 Å². The number of carbonyl (C=O) groups excluding carboxylic acids is 1. The van der Waals surface area contributed by atoms with Crippen LogP contribution in [0.25, 0.3) is 0 Å². The van der Waals surface area contributed by atoms with Gasteiger partial charge in [0.2, 0.25) is 5.88 Å². The van der Waals surface area contributed by atoms with Crippen LogP contribution in [0.4, 0.5) is 10.7 Å². The Morgan fingerprint density at radius 2 is 2.18 bits per heavy atom. The number of amides is 2. The Bertz CT molecular complexity index is 497. The lowest BCUT2D eigenvalue weighted by Gasteiger charge is -2.05. The average molecular weight is 251 g/mol. The number of rotatable bonds is 3. The zero-order valence-electron chi connectivity index (χ0n) is 8.94. The Morgan fingerprint density at radius 3 is 2.88 bits per heavy atom. The van der Waals surface area contributed by atoms with Crippen molar-refractivity contribution in [3.63, 3.8) is 0 Å². The summed E-state index contributed by atoms with van der Waals surface area (Å²) in [5.41, 5.74) is 0.937. The van der Waals surface area contributed by atoms with Gasteiger partial charge in [0.25, 0.3) is 0 Å². The number of halogens is 1. The smallest absolute Gasteiger partial charge is 0.321 e. The van der Waals surface area contributed by atoms with Gasteiger partial charge in [0.15, 0.2) is 0 Å². The second-order valence-electron chi connectivity index (χ2n) is 3.41. The Hall–Kier alpha value is -1.94. The monoisotopic (exact) mass is 250 g/mol. The van der Waals surface area contributed by atoms with Crippen molar-refractivity contribution in [3.8, 4) is 0 Å². The fourth-order valence-corrected chi connectivity index (χ4v) is 1.55. The largest absolute Gasteiger partial charge is 0.449 e. The van der Waals surface area contributed by atoms with Crippen molar-refractivity contribution in [2.45, 2.75) is 6.54 Å². The van der Waals surface area contributed by atoms with Crippen LogP contribution in [0.3, 0.4) is 0 Å². The summed E-state index contributed by atoms with van der Waals surface area (Å²) in [6.07, 6.45) is 1.49. The first-order valence-electron chi connectivity index (χ1n) is 5.07. The SMILES string of the molecule is O=C(NCc1cccc(Cl)c1)Nc1ccco1. The minimum Gasteiger partial charge on any atom is -0.449 e. The number of nitrogens with one attached hydrogen (secondary N) is 2. The summed E-state index contributed by atoms with van der Waals surface area (Å²) in [6, 6.07) is 10.4. The van der Waals surface area contributed by atoms with E-state index in [1.54, 1.807) is 24.3 Å². The summed E-state index contributed by atoms with van der Waals surface area (Å²) in [4.78, 5) is 11.5. The van der Waals surface area contributed by atoms with Gasteiger partial charge in [0.1, 0.15) is 0 Å². The zero-order valence-corrected chi connectivity index (χ0v) is 9.70. The minimum atomic E-state index is -0.320. The molecule has 17 heavy (non-hydrogen) atoms. The molecule has 88 valence electrons. The molecule has 0 unspecified atom stereocenters. The van der Waals surface area contributed by atoms with Crippen molar-refractivity contribution < 1.29 is 9.21 Å². The number of urea groups is 1. The molecule has 1 aromatic carbocycles. The maximum atomic E-state index is 11.5. The molecular weight excluding hydrogens is 240 g/mol. The van der Waals surface area contributed by atoms with E-state index in [2.05, 4.69) is 10.6 Å². The van der Waals surface area contributed by atoms with Crippen LogP contribution >= 0.6 is 11.6 Å². The van der Waals surface area contributed by atoms with E-state index < -0.39 is 0 Å². The molecular formula is C12H11ClN2O2. The lowest BCUT2D eigenvalue weighted by atomic mass is 10.2. The fraction of sp³-hybridized carbons (Fsp3) is 0.0833. The van der Waals surface area contributed by atoms with Gasteiger partial charge in [-0.3, -0.25) is 5.32 Å². The Kier molecular flexibility index (Phi) is 3.67. The molecule has 0 spiro atoms. The molecule has 0 fully saturated rings. The molecule has 5 heteroatoms. The summed E-state index contributed by atoms with van der Waals surface area (Å²) in [5, 5.41) is 5.90. The standard InChI is InChI=1S/C12H11ClN2O2/c13-10-4-1-3-9(7-10)8-14-12(16)15-11-5-2-6-17-11/h1-7H,8H2,(H2,14,15,16). The highest BCUT2D eigenvalue weighted by Crippen LogP contribution is 2.10. The maximum absolute atomic E-state index is 11.5. The van der Waals surface area contributed by atoms with E-state index in [-0.39, 0.29) is 6.03 Å². The van der Waals surface area contributed by atoms with Crippen molar-refractivity contribution in [2.24, 2.45) is 0 Å². The third kappa shape index (κ3) is 3.53. The molecule has 0 aliphatic carbocycles. The summed E-state index contributed by atoms with van der Waals surface area (Å²) < 4.78 is 4.98. The van der Waals surface area contributed by atoms with Gasteiger partial charge >= 0.3 is 6.03 Å². The summed E-state index contributed by atoms with van der Waals surface area (Å²) >= 11 is 5.83. The number of furan rings is 1. The molecule has 0 aliphatic rings. The van der Waals surface area contributed by atoms with Gasteiger partial charge in [-0.05, 0) is 23.8 Å². The number of carbonyl (C=O) groups is 1. The van der Waals surface area contributed by atoms with Crippen molar-refractivity contribution in [1.29, 1.82) is 0 Å². The molecule has 0 saturated heterocycles. The van der Waals surface area contributed by atoms with Gasteiger partial charge in [-0.25, -0.2) is 4.79 Å². The first-order valence-corrected chi connectivity index (χ1v) is 5.44. The van der Waals surface area contributed by atoms with Crippen LogP contribution < -0.4 is 10.6 Å². The van der Waals surface area contributed by atoms with Crippen molar-refractivity contribution in [2.75, 3.05) is 5.32 Å². The molecule has 0 bridgehead atoms. The predicted octanol–water partition coefficient (Wildman–Crippen LogP) is 3.25. The van der Waals surface area contributed by atoms with E-state index in [9.17, 15) is 4.79 Å². The summed E-state index contributed by atoms with van der Waals surface area (Å²) in [6.45, 7) is 0.410. The number of hydrogen-bond acceptors (Lipinski definition) is 2. The molecule has 2 rings (SSSR count). The Labute approximate surface area is 104 Å². The van der Waals surface area contributed by atoms with Crippen molar-refractivity contribution in [3.05, 3.63) is 53.2 Å². The lowest BCUT2D eigenvalue weighted by molar-refractivity contribution is 0.251. The predicted molar refractivity (Wildman–Crippen MR) is 66.0 cm³/mol. The first-order chi connectivity index (χ1) is 8.24. The molecule has 0 saturated carbocycles. The molecule has 1 heterocycles. The van der Waals surface area contributed by atoms with E-state index in [0.717, 1.165) is 5.56 Å². The van der Waals surface area contributed by atoms with Gasteiger partial charge in [0.05, 0.1) is 6.26 Å². The van der Waals surface area contributed by atoms with E-state index in [4.69, 9.17) is 16.0 Å². The van der Waals surface area contributed by atoms with Gasteiger partial charge < -0.3 is 9.73 Å². The number of hydrogen-bond donors (Lipinski definition) is 2. The van der Waals surface area contributed by atoms with Gasteiger partial charge in [0, 0.05) is 17.6 Å². The van der Waals surface area contributed by atoms with Crippen LogP contribution in [0.15, 0.2) is 47.1 Å². The third-order valence-electron chi connectivity index (χ3n) is 2.10. The molecule has 0 atom stereocenters. The Balaban J connectivity index is 1.84. The number of anilines is 1. The highest BCUT2D eigenvalue weighted by molar-refractivity contribution is 6.30. The lowest BCUT2D eigenvalue weighted by Crippen LogP contribution is -2.27. The molecule has 2 aromatic rings. The van der Waals surface area contributed by atoms with E-state index in [1.807, 2.05) is 12.1 Å². The van der Waals surface area contributed by atoms with Crippen molar-refractivity contribution in [1.82, 2.24) is 5.32 Å². The quantitative estimate of drug-likeness (QED) is 0.879. The van der Waals surface area contributed by atoms with Crippen molar-refractivity contribution >= 4 is 23.5 Å². The Morgan fingerprint density at radius 1 is 1.29 bits per heavy atom. The molecule has 2 N–H and O–H groups in total. The van der Waals surface area contributed by atoms with E-state index in [0.29, 0.717) is 17.5 Å². The molecule has 1 aromatic heterocycles. The van der Waals surface area contributed by atoms with Gasteiger partial charge in [-0.1, -0.05) is 23.7 Å². The van der Waals surface area contributed by atoms with Crippen LogP contribution in [0.2, 0.25) is 5.02 Å². The highest BCUT2D eigenvalue weighted by Gasteiger charge is 2.03. The maximum Gasteiger partial charge on any atom is 0.321 e. The van der Waals surface area contributed by atoms with E-state index in [1.165, 1.54) is 6.26 Å². The third-order valence-corrected chi connectivity index (χ3v) is 2.34. The molecule has 2 amide bonds. The van der Waals surface area contributed by atoms with Gasteiger partial charge in [-0.2, -0.15) is 0 Å².